The molecule has 2 heterocycles. The van der Waals surface area contributed by atoms with Crippen LogP contribution in [0.4, 0.5) is 0 Å². The summed E-state index contributed by atoms with van der Waals surface area (Å²) in [6, 6.07) is 8.16. The van der Waals surface area contributed by atoms with Gasteiger partial charge < -0.3 is 15.0 Å². The summed E-state index contributed by atoms with van der Waals surface area (Å²) < 4.78 is 7.29. The van der Waals surface area contributed by atoms with E-state index in [0.29, 0.717) is 5.92 Å². The van der Waals surface area contributed by atoms with Gasteiger partial charge in [-0.05, 0) is 30.0 Å². The molecule has 1 aliphatic heterocycles. The molecular formula is C19H27N5O. The molecule has 0 saturated carbocycles. The van der Waals surface area contributed by atoms with Crippen LogP contribution in [0.25, 0.3) is 0 Å². The number of benzene rings is 1. The zero-order valence-electron chi connectivity index (χ0n) is 15.3. The van der Waals surface area contributed by atoms with Crippen molar-refractivity contribution < 1.29 is 4.74 Å². The minimum atomic E-state index is 0.529. The Hall–Kier alpha value is -2.50. The molecule has 1 unspecified atom stereocenters. The normalized spacial score (nSPS) is 17.8. The molecule has 6 nitrogen and oxygen atoms in total. The second-order valence-corrected chi connectivity index (χ2v) is 6.41. The lowest BCUT2D eigenvalue weighted by atomic mass is 10.0. The second-order valence-electron chi connectivity index (χ2n) is 6.41. The van der Waals surface area contributed by atoms with Crippen molar-refractivity contribution in [3.05, 3.63) is 47.8 Å². The molecule has 134 valence electrons. The first-order valence-electron chi connectivity index (χ1n) is 8.77. The molecule has 1 aromatic heterocycles. The summed E-state index contributed by atoms with van der Waals surface area (Å²) in [7, 11) is 5.53. The van der Waals surface area contributed by atoms with Gasteiger partial charge in [-0.2, -0.15) is 5.10 Å². The van der Waals surface area contributed by atoms with E-state index < -0.39 is 0 Å². The lowest BCUT2D eigenvalue weighted by molar-refractivity contribution is 0.409. The summed E-state index contributed by atoms with van der Waals surface area (Å²) in [5.41, 5.74) is 2.53. The second kappa shape index (κ2) is 8.05. The highest BCUT2D eigenvalue weighted by atomic mass is 16.5. The minimum absolute atomic E-state index is 0.529. The molecule has 2 aromatic rings. The highest BCUT2D eigenvalue weighted by Gasteiger charge is 2.26. The van der Waals surface area contributed by atoms with Gasteiger partial charge in [-0.1, -0.05) is 18.2 Å². The van der Waals surface area contributed by atoms with E-state index in [4.69, 9.17) is 4.74 Å². The maximum atomic E-state index is 5.42. The molecule has 1 aromatic carbocycles. The molecule has 6 heteroatoms. The Labute approximate surface area is 149 Å². The zero-order valence-corrected chi connectivity index (χ0v) is 15.3. The van der Waals surface area contributed by atoms with Gasteiger partial charge >= 0.3 is 0 Å². The van der Waals surface area contributed by atoms with Crippen molar-refractivity contribution in [1.82, 2.24) is 20.0 Å². The molecule has 0 spiro atoms. The number of para-hydroxylation sites is 1. The van der Waals surface area contributed by atoms with Crippen molar-refractivity contribution in [2.24, 2.45) is 12.0 Å². The van der Waals surface area contributed by atoms with Crippen LogP contribution in [-0.4, -0.2) is 54.4 Å². The molecular weight excluding hydrogens is 314 g/mol. The van der Waals surface area contributed by atoms with Crippen molar-refractivity contribution >= 4 is 5.96 Å². The van der Waals surface area contributed by atoms with Crippen LogP contribution in [0.5, 0.6) is 5.75 Å². The van der Waals surface area contributed by atoms with E-state index in [1.54, 1.807) is 7.11 Å². The lowest BCUT2D eigenvalue weighted by Gasteiger charge is -2.21. The summed E-state index contributed by atoms with van der Waals surface area (Å²) >= 11 is 0. The van der Waals surface area contributed by atoms with E-state index in [-0.39, 0.29) is 0 Å². The summed E-state index contributed by atoms with van der Waals surface area (Å²) in [5.74, 6) is 2.44. The van der Waals surface area contributed by atoms with Crippen LogP contribution in [0.15, 0.2) is 41.7 Å². The number of likely N-dealkylation sites (tertiary alicyclic amines) is 1. The fourth-order valence-corrected chi connectivity index (χ4v) is 3.43. The predicted molar refractivity (Wildman–Crippen MR) is 100 cm³/mol. The number of nitrogens with one attached hydrogen (secondary N) is 1. The Morgan fingerprint density at radius 3 is 2.96 bits per heavy atom. The Bertz CT molecular complexity index is 724. The first-order valence-corrected chi connectivity index (χ1v) is 8.77. The SMILES string of the molecule is CN=C(NCCc1ccccc1OC)N1CCC(c2cnn(C)c2)C1. The Morgan fingerprint density at radius 2 is 2.24 bits per heavy atom. The number of methoxy groups -OCH3 is 1. The molecule has 1 fully saturated rings. The first-order chi connectivity index (χ1) is 12.2. The predicted octanol–water partition coefficient (Wildman–Crippen LogP) is 2.04. The average molecular weight is 341 g/mol. The maximum absolute atomic E-state index is 5.42. The quantitative estimate of drug-likeness (QED) is 0.668. The van der Waals surface area contributed by atoms with Gasteiger partial charge in [-0.25, -0.2) is 0 Å². The molecule has 3 rings (SSSR count). The van der Waals surface area contributed by atoms with Gasteiger partial charge in [0.25, 0.3) is 0 Å². The highest BCUT2D eigenvalue weighted by Crippen LogP contribution is 2.26. The van der Waals surface area contributed by atoms with Crippen LogP contribution in [0.3, 0.4) is 0 Å². The Morgan fingerprint density at radius 1 is 1.40 bits per heavy atom. The van der Waals surface area contributed by atoms with Gasteiger partial charge in [0.15, 0.2) is 5.96 Å². The molecule has 0 amide bonds. The largest absolute Gasteiger partial charge is 0.496 e. The van der Waals surface area contributed by atoms with Crippen LogP contribution < -0.4 is 10.1 Å². The fraction of sp³-hybridized carbons (Fsp3) is 0.474. The lowest BCUT2D eigenvalue weighted by Crippen LogP contribution is -2.40. The smallest absolute Gasteiger partial charge is 0.193 e. The molecule has 1 N–H and O–H groups in total. The van der Waals surface area contributed by atoms with Crippen molar-refractivity contribution in [3.8, 4) is 5.75 Å². The van der Waals surface area contributed by atoms with Crippen molar-refractivity contribution in [2.45, 2.75) is 18.8 Å². The van der Waals surface area contributed by atoms with Crippen molar-refractivity contribution in [3.63, 3.8) is 0 Å². The number of hydrogen-bond acceptors (Lipinski definition) is 3. The number of aliphatic imine (C=N–C) groups is 1. The molecule has 1 aliphatic rings. The van der Waals surface area contributed by atoms with Gasteiger partial charge in [0.1, 0.15) is 5.75 Å². The van der Waals surface area contributed by atoms with Crippen LogP contribution in [0.2, 0.25) is 0 Å². The number of aromatic nitrogens is 2. The third-order valence-electron chi connectivity index (χ3n) is 4.77. The monoisotopic (exact) mass is 341 g/mol. The molecule has 1 atom stereocenters. The zero-order chi connectivity index (χ0) is 17.6. The van der Waals surface area contributed by atoms with E-state index in [9.17, 15) is 0 Å². The van der Waals surface area contributed by atoms with Crippen molar-refractivity contribution in [2.75, 3.05) is 33.8 Å². The first kappa shape index (κ1) is 17.3. The highest BCUT2D eigenvalue weighted by molar-refractivity contribution is 5.80. The summed E-state index contributed by atoms with van der Waals surface area (Å²) in [4.78, 5) is 6.79. The summed E-state index contributed by atoms with van der Waals surface area (Å²) in [6.07, 6.45) is 6.14. The van der Waals surface area contributed by atoms with Gasteiger partial charge in [0.2, 0.25) is 0 Å². The van der Waals surface area contributed by atoms with Crippen LogP contribution >= 0.6 is 0 Å². The van der Waals surface area contributed by atoms with E-state index in [1.807, 2.05) is 43.2 Å². The summed E-state index contributed by atoms with van der Waals surface area (Å²) in [6.45, 7) is 2.84. The molecule has 25 heavy (non-hydrogen) atoms. The average Bonchev–Trinajstić information content (AvgIpc) is 3.28. The minimum Gasteiger partial charge on any atom is -0.496 e. The molecule has 0 aliphatic carbocycles. The van der Waals surface area contributed by atoms with Gasteiger partial charge in [-0.15, -0.1) is 0 Å². The third-order valence-corrected chi connectivity index (χ3v) is 4.77. The van der Waals surface area contributed by atoms with Gasteiger partial charge in [0.05, 0.1) is 13.3 Å². The number of ether oxygens (including phenoxy) is 1. The van der Waals surface area contributed by atoms with E-state index in [2.05, 4.69) is 32.6 Å². The third kappa shape index (κ3) is 4.13. The van der Waals surface area contributed by atoms with Crippen molar-refractivity contribution in [1.29, 1.82) is 0 Å². The van der Waals surface area contributed by atoms with E-state index in [0.717, 1.165) is 44.2 Å². The number of guanidine groups is 1. The Kier molecular flexibility index (Phi) is 5.58. The van der Waals surface area contributed by atoms with Crippen LogP contribution in [0, 0.1) is 0 Å². The van der Waals surface area contributed by atoms with Gasteiger partial charge in [-0.3, -0.25) is 9.67 Å². The Balaban J connectivity index is 1.53. The topological polar surface area (TPSA) is 54.7 Å². The molecule has 1 saturated heterocycles. The maximum Gasteiger partial charge on any atom is 0.193 e. The number of hydrogen-bond donors (Lipinski definition) is 1. The standard InChI is InChI=1S/C19H27N5O/c1-20-19(21-10-8-15-6-4-5-7-18(15)25-3)24-11-9-16(14-24)17-12-22-23(2)13-17/h4-7,12-13,16H,8-11,14H2,1-3H3,(H,20,21). The van der Waals surface area contributed by atoms with Crippen LogP contribution in [-0.2, 0) is 13.5 Å². The number of nitrogens with zero attached hydrogens (tertiary/aromatic N) is 4. The molecule has 0 radical (unpaired) electrons. The van der Waals surface area contributed by atoms with Gasteiger partial charge in [0, 0.05) is 45.8 Å². The fourth-order valence-electron chi connectivity index (χ4n) is 3.43. The van der Waals surface area contributed by atoms with Crippen LogP contribution in [0.1, 0.15) is 23.5 Å². The summed E-state index contributed by atoms with van der Waals surface area (Å²) in [5, 5.41) is 7.78. The van der Waals surface area contributed by atoms with E-state index >= 15 is 0 Å². The number of aryl methyl sites for hydroxylation is 1. The van der Waals surface area contributed by atoms with E-state index in [1.165, 1.54) is 11.1 Å². The molecule has 0 bridgehead atoms. The number of rotatable bonds is 5.